The molecule has 1 aliphatic rings. The molecule has 1 N–H and O–H groups in total. The summed E-state index contributed by atoms with van der Waals surface area (Å²) < 4.78 is 13.2. The Morgan fingerprint density at radius 2 is 1.84 bits per heavy atom. The first kappa shape index (κ1) is 20.3. The van der Waals surface area contributed by atoms with Crippen LogP contribution in [0.15, 0.2) is 66.2 Å². The van der Waals surface area contributed by atoms with Gasteiger partial charge in [-0.15, -0.1) is 11.3 Å². The first-order valence-corrected chi connectivity index (χ1v) is 11.4. The van der Waals surface area contributed by atoms with E-state index in [1.807, 2.05) is 64.5 Å². The molecule has 2 aromatic heterocycles. The number of rotatable bonds is 6. The van der Waals surface area contributed by atoms with Crippen LogP contribution in [0.5, 0.6) is 11.5 Å². The van der Waals surface area contributed by atoms with Crippen molar-refractivity contribution in [3.63, 3.8) is 0 Å². The largest absolute Gasteiger partial charge is 0.490 e. The number of ketones is 1. The molecule has 162 valence electrons. The number of carbonyl (C=O) groups is 2. The topological polar surface area (TPSA) is 69.6 Å². The van der Waals surface area contributed by atoms with Crippen LogP contribution >= 0.6 is 11.3 Å². The van der Waals surface area contributed by atoms with Crippen LogP contribution in [-0.4, -0.2) is 29.5 Å². The van der Waals surface area contributed by atoms with Crippen LogP contribution in [0.3, 0.4) is 0 Å². The van der Waals surface area contributed by atoms with Gasteiger partial charge in [0.15, 0.2) is 11.5 Å². The van der Waals surface area contributed by atoms with Gasteiger partial charge in [-0.2, -0.15) is 0 Å². The lowest BCUT2D eigenvalue weighted by molar-refractivity contribution is -0.121. The number of carbonyl (C=O) groups excluding carboxylic acids is 2. The molecule has 0 saturated heterocycles. The van der Waals surface area contributed by atoms with Crippen LogP contribution in [0, 0.1) is 0 Å². The Morgan fingerprint density at radius 1 is 1.00 bits per heavy atom. The molecule has 4 aromatic rings. The molecule has 0 bridgehead atoms. The summed E-state index contributed by atoms with van der Waals surface area (Å²) in [6.45, 7) is 1.78. The average molecular weight is 447 g/mol. The van der Waals surface area contributed by atoms with E-state index in [9.17, 15) is 9.59 Å². The molecule has 1 aliphatic heterocycles. The standard InChI is InChI=1S/C25H22N2O4S/c28-24(26-14-17-8-9-21-22(13-17)31-11-4-10-30-21)16-27-15-19(18-5-1-2-6-20(18)27)25(29)23-7-3-12-32-23/h1-3,5-9,12-13,15H,4,10-11,14,16H2,(H,26,28). The SMILES string of the molecule is O=C(Cn1cc(C(=O)c2cccs2)c2ccccc21)NCc1ccc2c(c1)OCCCO2. The Hall–Kier alpha value is -3.58. The molecular formula is C25H22N2O4S. The van der Waals surface area contributed by atoms with E-state index in [1.54, 1.807) is 6.20 Å². The third kappa shape index (κ3) is 4.11. The summed E-state index contributed by atoms with van der Waals surface area (Å²) in [5.41, 5.74) is 2.41. The highest BCUT2D eigenvalue weighted by Crippen LogP contribution is 2.30. The number of para-hydroxylation sites is 1. The Labute approximate surface area is 189 Å². The van der Waals surface area contributed by atoms with E-state index >= 15 is 0 Å². The van der Waals surface area contributed by atoms with Crippen molar-refractivity contribution in [2.75, 3.05) is 13.2 Å². The molecule has 32 heavy (non-hydrogen) atoms. The molecule has 0 atom stereocenters. The number of ether oxygens (including phenoxy) is 2. The number of hydrogen-bond acceptors (Lipinski definition) is 5. The van der Waals surface area contributed by atoms with Gasteiger partial charge in [0.25, 0.3) is 0 Å². The zero-order valence-electron chi connectivity index (χ0n) is 17.4. The van der Waals surface area contributed by atoms with Gasteiger partial charge < -0.3 is 19.4 Å². The van der Waals surface area contributed by atoms with E-state index in [0.29, 0.717) is 35.9 Å². The molecule has 0 fully saturated rings. The van der Waals surface area contributed by atoms with Gasteiger partial charge >= 0.3 is 0 Å². The molecule has 0 aliphatic carbocycles. The average Bonchev–Trinajstić information content (AvgIpc) is 3.41. The van der Waals surface area contributed by atoms with Crippen molar-refractivity contribution in [2.24, 2.45) is 0 Å². The number of amides is 1. The highest BCUT2D eigenvalue weighted by Gasteiger charge is 2.18. The van der Waals surface area contributed by atoms with Gasteiger partial charge in [0, 0.05) is 35.6 Å². The monoisotopic (exact) mass is 446 g/mol. The van der Waals surface area contributed by atoms with Crippen molar-refractivity contribution in [1.29, 1.82) is 0 Å². The number of nitrogens with one attached hydrogen (secondary N) is 1. The van der Waals surface area contributed by atoms with Crippen LogP contribution < -0.4 is 14.8 Å². The van der Waals surface area contributed by atoms with E-state index in [0.717, 1.165) is 28.6 Å². The third-order valence-corrected chi connectivity index (χ3v) is 6.26. The molecule has 6 nitrogen and oxygen atoms in total. The third-order valence-electron chi connectivity index (χ3n) is 5.39. The van der Waals surface area contributed by atoms with Crippen molar-refractivity contribution < 1.29 is 19.1 Å². The zero-order valence-corrected chi connectivity index (χ0v) is 18.2. The molecule has 0 spiro atoms. The summed E-state index contributed by atoms with van der Waals surface area (Å²) in [5, 5.41) is 5.70. The van der Waals surface area contributed by atoms with Crippen LogP contribution in [-0.2, 0) is 17.9 Å². The molecule has 0 saturated carbocycles. The van der Waals surface area contributed by atoms with Crippen molar-refractivity contribution in [1.82, 2.24) is 9.88 Å². The van der Waals surface area contributed by atoms with E-state index in [1.165, 1.54) is 11.3 Å². The van der Waals surface area contributed by atoms with Crippen molar-refractivity contribution in [3.8, 4) is 11.5 Å². The van der Waals surface area contributed by atoms with Gasteiger partial charge in [-0.05, 0) is 35.2 Å². The van der Waals surface area contributed by atoms with Gasteiger partial charge in [-0.25, -0.2) is 0 Å². The van der Waals surface area contributed by atoms with Gasteiger partial charge in [0.1, 0.15) is 6.54 Å². The van der Waals surface area contributed by atoms with Crippen LogP contribution in [0.2, 0.25) is 0 Å². The fourth-order valence-electron chi connectivity index (χ4n) is 3.83. The van der Waals surface area contributed by atoms with E-state index in [2.05, 4.69) is 5.32 Å². The summed E-state index contributed by atoms with van der Waals surface area (Å²) in [6, 6.07) is 17.1. The molecule has 1 amide bonds. The Bertz CT molecular complexity index is 1280. The Morgan fingerprint density at radius 3 is 2.69 bits per heavy atom. The van der Waals surface area contributed by atoms with Crippen molar-refractivity contribution >= 4 is 33.9 Å². The maximum absolute atomic E-state index is 12.9. The molecule has 0 unspecified atom stereocenters. The number of benzene rings is 2. The number of fused-ring (bicyclic) bond motifs is 2. The lowest BCUT2D eigenvalue weighted by Gasteiger charge is -2.11. The minimum Gasteiger partial charge on any atom is -0.490 e. The Kier molecular flexibility index (Phi) is 5.64. The number of hydrogen-bond donors (Lipinski definition) is 1. The minimum absolute atomic E-state index is 0.0254. The predicted octanol–water partition coefficient (Wildman–Crippen LogP) is 4.41. The maximum Gasteiger partial charge on any atom is 0.240 e. The second-order valence-corrected chi connectivity index (χ2v) is 8.55. The van der Waals surface area contributed by atoms with Gasteiger partial charge in [-0.3, -0.25) is 9.59 Å². The second-order valence-electron chi connectivity index (χ2n) is 7.60. The van der Waals surface area contributed by atoms with Gasteiger partial charge in [0.2, 0.25) is 11.7 Å². The molecule has 5 rings (SSSR count). The van der Waals surface area contributed by atoms with Crippen LogP contribution in [0.4, 0.5) is 0 Å². The van der Waals surface area contributed by atoms with Crippen LogP contribution in [0.25, 0.3) is 10.9 Å². The van der Waals surface area contributed by atoms with Gasteiger partial charge in [-0.1, -0.05) is 30.3 Å². The van der Waals surface area contributed by atoms with E-state index < -0.39 is 0 Å². The second kappa shape index (κ2) is 8.88. The van der Waals surface area contributed by atoms with Crippen LogP contribution in [0.1, 0.15) is 27.2 Å². The van der Waals surface area contributed by atoms with Crippen molar-refractivity contribution in [3.05, 3.63) is 82.2 Å². The number of aromatic nitrogens is 1. The fraction of sp³-hybridized carbons (Fsp3) is 0.200. The fourth-order valence-corrected chi connectivity index (χ4v) is 4.51. The summed E-state index contributed by atoms with van der Waals surface area (Å²) in [6.07, 6.45) is 2.63. The Balaban J connectivity index is 1.31. The maximum atomic E-state index is 12.9. The lowest BCUT2D eigenvalue weighted by Crippen LogP contribution is -2.26. The first-order valence-electron chi connectivity index (χ1n) is 10.5. The van der Waals surface area contributed by atoms with Crippen molar-refractivity contribution in [2.45, 2.75) is 19.5 Å². The highest BCUT2D eigenvalue weighted by atomic mass is 32.1. The zero-order chi connectivity index (χ0) is 21.9. The molecule has 2 aromatic carbocycles. The molecular weight excluding hydrogens is 424 g/mol. The van der Waals surface area contributed by atoms with E-state index in [4.69, 9.17) is 9.47 Å². The normalized spacial score (nSPS) is 13.0. The first-order chi connectivity index (χ1) is 15.7. The molecule has 7 heteroatoms. The number of thiophene rings is 1. The quantitative estimate of drug-likeness (QED) is 0.446. The smallest absolute Gasteiger partial charge is 0.240 e. The summed E-state index contributed by atoms with van der Waals surface area (Å²) >= 11 is 1.42. The molecule has 3 heterocycles. The summed E-state index contributed by atoms with van der Waals surface area (Å²) in [5.74, 6) is 1.29. The van der Waals surface area contributed by atoms with Gasteiger partial charge in [0.05, 0.1) is 18.1 Å². The molecule has 0 radical (unpaired) electrons. The number of nitrogens with zero attached hydrogens (tertiary/aromatic N) is 1. The summed E-state index contributed by atoms with van der Waals surface area (Å²) in [7, 11) is 0. The summed E-state index contributed by atoms with van der Waals surface area (Å²) in [4.78, 5) is 26.3. The minimum atomic E-state index is -0.131. The van der Waals surface area contributed by atoms with E-state index in [-0.39, 0.29) is 18.2 Å². The predicted molar refractivity (Wildman–Crippen MR) is 124 cm³/mol. The lowest BCUT2D eigenvalue weighted by atomic mass is 10.1. The highest BCUT2D eigenvalue weighted by molar-refractivity contribution is 7.12.